The van der Waals surface area contributed by atoms with E-state index in [0.717, 1.165) is 0 Å². The van der Waals surface area contributed by atoms with Crippen LogP contribution in [-0.2, 0) is 4.74 Å². The third-order valence-corrected chi connectivity index (χ3v) is 5.95. The van der Waals surface area contributed by atoms with Gasteiger partial charge in [-0.05, 0) is 17.7 Å². The third-order valence-electron chi connectivity index (χ3n) is 5.95. The van der Waals surface area contributed by atoms with Crippen LogP contribution in [0.2, 0.25) is 0 Å². The van der Waals surface area contributed by atoms with Crippen molar-refractivity contribution in [1.29, 1.82) is 0 Å². The molecular weight excluding hydrogens is 468 g/mol. The molecule has 1 fully saturated rings. The average molecular weight is 494 g/mol. The number of rotatable bonds is 6. The number of Topliss-reactive ketones (excluding diaryl/α,β-unsaturated/α-hetero) is 1. The molecule has 1 saturated heterocycles. The molecule has 7 atom stereocenters. The highest BCUT2D eigenvalue weighted by Crippen LogP contribution is 2.44. The molecule has 0 aliphatic carbocycles. The van der Waals surface area contributed by atoms with E-state index in [4.69, 9.17) is 23.7 Å². The van der Waals surface area contributed by atoms with Crippen LogP contribution in [0.25, 0.3) is 0 Å². The number of ether oxygens (including phenoxy) is 5. The van der Waals surface area contributed by atoms with E-state index in [0.29, 0.717) is 5.56 Å². The third kappa shape index (κ3) is 4.47. The summed E-state index contributed by atoms with van der Waals surface area (Å²) >= 11 is 0. The molecular formula is C23H26O12. The number of fused-ring (bicyclic) bond motifs is 1. The molecule has 2 heterocycles. The standard InChI is InChI=1S/C23H26O12/c1-31-10-6-13-16(14(7-10)34-23-21(30)19(28)17(26)15(8-24)35-23)18(27)20(29)22(33-13)9-3-4-11(25)12(5-9)32-2/h3-7,15,17,19-26,28-30H,8H2,1-2H3. The normalized spacial score (nSPS) is 30.3. The highest BCUT2D eigenvalue weighted by Gasteiger charge is 2.46. The lowest BCUT2D eigenvalue weighted by Gasteiger charge is -2.40. The topological polar surface area (TPSA) is 185 Å². The number of carbonyl (C=O) groups excluding carboxylic acids is 1. The predicted octanol–water partition coefficient (Wildman–Crippen LogP) is -0.735. The molecule has 7 unspecified atom stereocenters. The van der Waals surface area contributed by atoms with Crippen LogP contribution in [0.1, 0.15) is 22.0 Å². The van der Waals surface area contributed by atoms with Crippen LogP contribution in [0, 0.1) is 0 Å². The predicted molar refractivity (Wildman–Crippen MR) is 116 cm³/mol. The first-order valence-corrected chi connectivity index (χ1v) is 10.6. The van der Waals surface area contributed by atoms with Crippen molar-refractivity contribution in [2.75, 3.05) is 20.8 Å². The van der Waals surface area contributed by atoms with Crippen molar-refractivity contribution >= 4 is 5.78 Å². The number of hydrogen-bond acceptors (Lipinski definition) is 12. The van der Waals surface area contributed by atoms with Gasteiger partial charge in [-0.1, -0.05) is 6.07 Å². The molecule has 0 radical (unpaired) electrons. The summed E-state index contributed by atoms with van der Waals surface area (Å²) < 4.78 is 27.3. The molecule has 0 saturated carbocycles. The summed E-state index contributed by atoms with van der Waals surface area (Å²) in [5.41, 5.74) is 0.183. The molecule has 190 valence electrons. The lowest BCUT2D eigenvalue weighted by molar-refractivity contribution is -0.277. The van der Waals surface area contributed by atoms with E-state index in [1.807, 2.05) is 0 Å². The maximum absolute atomic E-state index is 13.2. The fourth-order valence-electron chi connectivity index (χ4n) is 4.01. The average Bonchev–Trinajstić information content (AvgIpc) is 2.86. The number of aliphatic hydroxyl groups excluding tert-OH is 5. The minimum Gasteiger partial charge on any atom is -0.504 e. The summed E-state index contributed by atoms with van der Waals surface area (Å²) in [4.78, 5) is 13.2. The van der Waals surface area contributed by atoms with Crippen molar-refractivity contribution in [3.8, 4) is 28.7 Å². The SMILES string of the molecule is COc1cc(OC2OC(CO)C(O)C(O)C2O)c2c(c1)OC(c1ccc(O)c(OC)c1)C(O)C2=O. The quantitative estimate of drug-likeness (QED) is 0.296. The smallest absolute Gasteiger partial charge is 0.229 e. The zero-order chi connectivity index (χ0) is 25.4. The number of methoxy groups -OCH3 is 2. The maximum atomic E-state index is 13.2. The zero-order valence-corrected chi connectivity index (χ0v) is 18.8. The summed E-state index contributed by atoms with van der Waals surface area (Å²) in [6.07, 6.45) is -10.7. The van der Waals surface area contributed by atoms with Gasteiger partial charge in [0.15, 0.2) is 23.7 Å². The first-order chi connectivity index (χ1) is 16.7. The van der Waals surface area contributed by atoms with Gasteiger partial charge in [-0.3, -0.25) is 4.79 Å². The molecule has 12 heteroatoms. The summed E-state index contributed by atoms with van der Waals surface area (Å²) in [5, 5.41) is 60.4. The molecule has 2 aliphatic heterocycles. The van der Waals surface area contributed by atoms with E-state index in [1.165, 1.54) is 44.6 Å². The summed E-state index contributed by atoms with van der Waals surface area (Å²) in [5.74, 6) is -0.773. The van der Waals surface area contributed by atoms with E-state index in [9.17, 15) is 35.4 Å². The summed E-state index contributed by atoms with van der Waals surface area (Å²) in [7, 11) is 2.71. The Bertz CT molecular complexity index is 1090. The lowest BCUT2D eigenvalue weighted by atomic mass is 9.92. The van der Waals surface area contributed by atoms with Crippen LogP contribution in [0.3, 0.4) is 0 Å². The van der Waals surface area contributed by atoms with Crippen molar-refractivity contribution in [3.63, 3.8) is 0 Å². The highest BCUT2D eigenvalue weighted by molar-refractivity contribution is 6.05. The van der Waals surface area contributed by atoms with Gasteiger partial charge in [0.1, 0.15) is 47.2 Å². The molecule has 0 spiro atoms. The first-order valence-electron chi connectivity index (χ1n) is 10.6. The van der Waals surface area contributed by atoms with Crippen LogP contribution in [0.4, 0.5) is 0 Å². The minimum atomic E-state index is -1.73. The van der Waals surface area contributed by atoms with Gasteiger partial charge in [-0.2, -0.15) is 0 Å². The Kier molecular flexibility index (Phi) is 7.03. The van der Waals surface area contributed by atoms with E-state index >= 15 is 0 Å². The number of hydrogen-bond donors (Lipinski definition) is 6. The molecule has 6 N–H and O–H groups in total. The molecule has 12 nitrogen and oxygen atoms in total. The number of phenolic OH excluding ortho intramolecular Hbond substituents is 1. The van der Waals surface area contributed by atoms with Crippen molar-refractivity contribution in [1.82, 2.24) is 0 Å². The second-order valence-electron chi connectivity index (χ2n) is 8.09. The zero-order valence-electron chi connectivity index (χ0n) is 18.8. The Morgan fingerprint density at radius 3 is 2.34 bits per heavy atom. The number of phenols is 1. The van der Waals surface area contributed by atoms with Crippen molar-refractivity contribution in [3.05, 3.63) is 41.5 Å². The first kappa shape index (κ1) is 25.0. The number of ketones is 1. The number of aliphatic hydroxyl groups is 5. The fourth-order valence-corrected chi connectivity index (χ4v) is 4.01. The van der Waals surface area contributed by atoms with Crippen molar-refractivity contribution in [2.45, 2.75) is 42.9 Å². The van der Waals surface area contributed by atoms with Gasteiger partial charge >= 0.3 is 0 Å². The molecule has 2 aromatic rings. The van der Waals surface area contributed by atoms with E-state index < -0.39 is 55.3 Å². The summed E-state index contributed by atoms with van der Waals surface area (Å²) in [6, 6.07) is 6.94. The molecule has 0 bridgehead atoms. The van der Waals surface area contributed by atoms with Crippen molar-refractivity contribution in [2.24, 2.45) is 0 Å². The van der Waals surface area contributed by atoms with E-state index in [2.05, 4.69) is 0 Å². The Labute approximate surface area is 199 Å². The van der Waals surface area contributed by atoms with Gasteiger partial charge in [0.2, 0.25) is 12.1 Å². The Balaban J connectivity index is 1.71. The van der Waals surface area contributed by atoms with E-state index in [1.54, 1.807) is 0 Å². The van der Waals surface area contributed by atoms with E-state index in [-0.39, 0.29) is 34.3 Å². The van der Waals surface area contributed by atoms with Gasteiger partial charge < -0.3 is 54.3 Å². The van der Waals surface area contributed by atoms with Crippen LogP contribution in [0.5, 0.6) is 28.7 Å². The Morgan fingerprint density at radius 1 is 0.943 bits per heavy atom. The van der Waals surface area contributed by atoms with Gasteiger partial charge in [0.25, 0.3) is 0 Å². The highest BCUT2D eigenvalue weighted by atomic mass is 16.7. The molecule has 4 rings (SSSR count). The minimum absolute atomic E-state index is 0.00344. The van der Waals surface area contributed by atoms with Gasteiger partial charge in [0.05, 0.1) is 20.8 Å². The van der Waals surface area contributed by atoms with Crippen molar-refractivity contribution < 1.29 is 59.1 Å². The molecule has 0 aromatic heterocycles. The van der Waals surface area contributed by atoms with Crippen LogP contribution >= 0.6 is 0 Å². The number of carbonyl (C=O) groups is 1. The lowest BCUT2D eigenvalue weighted by Crippen LogP contribution is -2.60. The Hall–Kier alpha value is -3.13. The van der Waals surface area contributed by atoms with Crippen LogP contribution < -0.4 is 18.9 Å². The monoisotopic (exact) mass is 494 g/mol. The second-order valence-corrected chi connectivity index (χ2v) is 8.09. The maximum Gasteiger partial charge on any atom is 0.229 e. The fraction of sp³-hybridized carbons (Fsp3) is 0.435. The molecule has 2 aromatic carbocycles. The molecule has 35 heavy (non-hydrogen) atoms. The molecule has 0 amide bonds. The largest absolute Gasteiger partial charge is 0.504 e. The van der Waals surface area contributed by atoms with Gasteiger partial charge in [-0.15, -0.1) is 0 Å². The van der Waals surface area contributed by atoms with Gasteiger partial charge in [0, 0.05) is 12.1 Å². The van der Waals surface area contributed by atoms with Crippen LogP contribution in [-0.4, -0.2) is 94.1 Å². The Morgan fingerprint density at radius 2 is 1.69 bits per heavy atom. The van der Waals surface area contributed by atoms with Crippen LogP contribution in [0.15, 0.2) is 30.3 Å². The van der Waals surface area contributed by atoms with Gasteiger partial charge in [-0.25, -0.2) is 0 Å². The number of benzene rings is 2. The second kappa shape index (κ2) is 9.85. The molecule has 2 aliphatic rings. The summed E-state index contributed by atoms with van der Waals surface area (Å²) in [6.45, 7) is -0.667. The number of aromatic hydroxyl groups is 1.